The van der Waals surface area contributed by atoms with E-state index in [4.69, 9.17) is 4.74 Å². The SMILES string of the molecule is COCC1(N[C@@H]2CCN(c3ccc(C(=O)Nc4cc(F)c5nc(C)cn5c4)c4nn(C)cc34)C2)CC1. The average molecular weight is 492 g/mol. The van der Waals surface area contributed by atoms with Crippen LogP contribution in [0.4, 0.5) is 15.8 Å². The highest BCUT2D eigenvalue weighted by atomic mass is 19.1. The van der Waals surface area contributed by atoms with E-state index in [0.29, 0.717) is 28.5 Å². The smallest absolute Gasteiger partial charge is 0.257 e. The standard InChI is InChI=1S/C26H30FN7O2/c1-16-11-34-13-18(10-21(27)24(34)28-16)29-25(35)19-4-5-22(20-14-32(2)31-23(19)20)33-9-6-17(12-33)30-26(7-8-26)15-36-3/h4-5,10-11,13-14,17,30H,6-9,12,15H2,1-3H3,(H,29,35)/t17-/m1/s1. The van der Waals surface area contributed by atoms with Crippen molar-refractivity contribution < 1.29 is 13.9 Å². The van der Waals surface area contributed by atoms with Crippen LogP contribution < -0.4 is 15.5 Å². The van der Waals surface area contributed by atoms with Crippen molar-refractivity contribution in [3.8, 4) is 0 Å². The minimum atomic E-state index is -0.491. The van der Waals surface area contributed by atoms with Gasteiger partial charge in [0.15, 0.2) is 11.5 Å². The molecule has 4 aromatic rings. The summed E-state index contributed by atoms with van der Waals surface area (Å²) in [6, 6.07) is 5.49. The summed E-state index contributed by atoms with van der Waals surface area (Å²) in [4.78, 5) is 19.8. The van der Waals surface area contributed by atoms with Crippen LogP contribution in [-0.2, 0) is 11.8 Å². The Balaban J connectivity index is 1.25. The molecule has 1 aliphatic carbocycles. The number of ether oxygens (including phenoxy) is 1. The van der Waals surface area contributed by atoms with E-state index in [1.165, 1.54) is 6.07 Å². The summed E-state index contributed by atoms with van der Waals surface area (Å²) in [5.41, 5.74) is 3.57. The number of nitrogens with one attached hydrogen (secondary N) is 2. The number of hydrogen-bond donors (Lipinski definition) is 2. The molecule has 10 heteroatoms. The third-order valence-electron chi connectivity index (χ3n) is 7.21. The lowest BCUT2D eigenvalue weighted by molar-refractivity contribution is 0.102. The van der Waals surface area contributed by atoms with Crippen molar-refractivity contribution in [2.75, 3.05) is 37.0 Å². The Morgan fingerprint density at radius 1 is 1.28 bits per heavy atom. The van der Waals surface area contributed by atoms with Crippen molar-refractivity contribution in [2.24, 2.45) is 7.05 Å². The zero-order chi connectivity index (χ0) is 25.0. The first kappa shape index (κ1) is 22.9. The molecule has 1 saturated carbocycles. The van der Waals surface area contributed by atoms with Crippen molar-refractivity contribution in [1.82, 2.24) is 24.5 Å². The van der Waals surface area contributed by atoms with Crippen molar-refractivity contribution in [2.45, 2.75) is 37.8 Å². The van der Waals surface area contributed by atoms with E-state index in [2.05, 4.69) is 25.6 Å². The maximum absolute atomic E-state index is 14.5. The molecule has 2 N–H and O–H groups in total. The van der Waals surface area contributed by atoms with Gasteiger partial charge in [-0.1, -0.05) is 0 Å². The normalized spacial score (nSPS) is 18.9. The molecular formula is C26H30FN7O2. The first-order valence-electron chi connectivity index (χ1n) is 12.3. The Morgan fingerprint density at radius 3 is 2.89 bits per heavy atom. The minimum Gasteiger partial charge on any atom is -0.383 e. The molecule has 0 unspecified atom stereocenters. The van der Waals surface area contributed by atoms with Crippen LogP contribution in [-0.4, -0.2) is 63.5 Å². The van der Waals surface area contributed by atoms with Gasteiger partial charge in [-0.25, -0.2) is 9.37 Å². The van der Waals surface area contributed by atoms with Gasteiger partial charge in [-0.2, -0.15) is 5.10 Å². The molecule has 1 aliphatic heterocycles. The van der Waals surface area contributed by atoms with Gasteiger partial charge in [-0.3, -0.25) is 9.48 Å². The van der Waals surface area contributed by atoms with Gasteiger partial charge in [0.25, 0.3) is 5.91 Å². The molecule has 4 heterocycles. The van der Waals surface area contributed by atoms with E-state index in [0.717, 1.165) is 50.0 Å². The highest BCUT2D eigenvalue weighted by Crippen LogP contribution is 2.38. The predicted molar refractivity (Wildman–Crippen MR) is 136 cm³/mol. The van der Waals surface area contributed by atoms with E-state index >= 15 is 0 Å². The number of imidazole rings is 1. The third kappa shape index (κ3) is 4.10. The molecule has 1 saturated heterocycles. The summed E-state index contributed by atoms with van der Waals surface area (Å²) in [7, 11) is 3.61. The molecule has 0 radical (unpaired) electrons. The first-order chi connectivity index (χ1) is 17.3. The molecule has 1 aromatic carbocycles. The lowest BCUT2D eigenvalue weighted by atomic mass is 10.1. The number of amides is 1. The van der Waals surface area contributed by atoms with Gasteiger partial charge < -0.3 is 24.7 Å². The fourth-order valence-corrected chi connectivity index (χ4v) is 5.40. The van der Waals surface area contributed by atoms with Crippen LogP contribution in [0.2, 0.25) is 0 Å². The lowest BCUT2D eigenvalue weighted by Crippen LogP contribution is -2.44. The average Bonchev–Trinajstić information content (AvgIpc) is 3.14. The first-order valence-corrected chi connectivity index (χ1v) is 12.3. The summed E-state index contributed by atoms with van der Waals surface area (Å²) in [6.07, 6.45) is 8.70. The summed E-state index contributed by atoms with van der Waals surface area (Å²) in [5.74, 6) is -0.827. The van der Waals surface area contributed by atoms with E-state index in [1.807, 2.05) is 25.4 Å². The number of aryl methyl sites for hydroxylation is 2. The van der Waals surface area contributed by atoms with Crippen LogP contribution in [0.25, 0.3) is 16.6 Å². The second-order valence-corrected chi connectivity index (χ2v) is 10.1. The molecule has 0 spiro atoms. The molecule has 3 aromatic heterocycles. The number of benzene rings is 1. The van der Waals surface area contributed by atoms with Gasteiger partial charge in [-0.15, -0.1) is 0 Å². The number of aromatic nitrogens is 4. The number of rotatable bonds is 7. The second-order valence-electron chi connectivity index (χ2n) is 10.1. The van der Waals surface area contributed by atoms with Gasteiger partial charge in [0, 0.05) is 74.6 Å². The Morgan fingerprint density at radius 2 is 2.11 bits per heavy atom. The van der Waals surface area contributed by atoms with Crippen molar-refractivity contribution in [1.29, 1.82) is 0 Å². The van der Waals surface area contributed by atoms with Crippen molar-refractivity contribution in [3.63, 3.8) is 0 Å². The number of nitrogens with zero attached hydrogens (tertiary/aromatic N) is 5. The highest BCUT2D eigenvalue weighted by Gasteiger charge is 2.45. The van der Waals surface area contributed by atoms with Crippen LogP contribution in [0.1, 0.15) is 35.3 Å². The topological polar surface area (TPSA) is 88.7 Å². The van der Waals surface area contributed by atoms with Crippen molar-refractivity contribution in [3.05, 3.63) is 53.9 Å². The van der Waals surface area contributed by atoms with E-state index in [9.17, 15) is 9.18 Å². The summed E-state index contributed by atoms with van der Waals surface area (Å²) >= 11 is 0. The minimum absolute atomic E-state index is 0.138. The Kier molecular flexibility index (Phi) is 5.45. The molecule has 6 rings (SSSR count). The number of carbonyl (C=O) groups excluding carboxylic acids is 1. The fraction of sp³-hybridized carbons (Fsp3) is 0.423. The Bertz CT molecular complexity index is 1470. The molecule has 2 fully saturated rings. The third-order valence-corrected chi connectivity index (χ3v) is 7.21. The summed E-state index contributed by atoms with van der Waals surface area (Å²) in [5, 5.41) is 12.2. The van der Waals surface area contributed by atoms with E-state index in [-0.39, 0.29) is 17.1 Å². The number of hydrogen-bond acceptors (Lipinski definition) is 6. The van der Waals surface area contributed by atoms with Crippen LogP contribution in [0.5, 0.6) is 0 Å². The Hall–Kier alpha value is -3.50. The van der Waals surface area contributed by atoms with Gasteiger partial charge in [0.2, 0.25) is 0 Å². The van der Waals surface area contributed by atoms with E-state index in [1.54, 1.807) is 35.5 Å². The number of halogens is 1. The highest BCUT2D eigenvalue weighted by molar-refractivity contribution is 6.13. The number of anilines is 2. The molecule has 188 valence electrons. The maximum atomic E-state index is 14.5. The molecule has 1 atom stereocenters. The fourth-order valence-electron chi connectivity index (χ4n) is 5.40. The van der Waals surface area contributed by atoms with Gasteiger partial charge >= 0.3 is 0 Å². The van der Waals surface area contributed by atoms with Gasteiger partial charge in [-0.05, 0) is 38.3 Å². The zero-order valence-electron chi connectivity index (χ0n) is 20.7. The monoisotopic (exact) mass is 491 g/mol. The number of methoxy groups -OCH3 is 1. The number of pyridine rings is 1. The van der Waals surface area contributed by atoms with Crippen molar-refractivity contribution >= 4 is 33.8 Å². The molecular weight excluding hydrogens is 461 g/mol. The zero-order valence-corrected chi connectivity index (χ0v) is 20.7. The lowest BCUT2D eigenvalue weighted by Gasteiger charge is -2.23. The number of fused-ring (bicyclic) bond motifs is 2. The molecule has 0 bridgehead atoms. The molecule has 1 amide bonds. The second kappa shape index (κ2) is 8.56. The summed E-state index contributed by atoms with van der Waals surface area (Å²) in [6.45, 7) is 4.37. The Labute approximate surface area is 208 Å². The van der Waals surface area contributed by atoms with Gasteiger partial charge in [0.05, 0.1) is 23.6 Å². The molecule has 9 nitrogen and oxygen atoms in total. The molecule has 36 heavy (non-hydrogen) atoms. The predicted octanol–water partition coefficient (Wildman–Crippen LogP) is 3.27. The van der Waals surface area contributed by atoms with Gasteiger partial charge in [0.1, 0.15) is 5.52 Å². The number of carbonyl (C=O) groups is 1. The maximum Gasteiger partial charge on any atom is 0.257 e. The van der Waals surface area contributed by atoms with E-state index < -0.39 is 5.82 Å². The van der Waals surface area contributed by atoms with Crippen LogP contribution >= 0.6 is 0 Å². The van der Waals surface area contributed by atoms with Crippen LogP contribution in [0, 0.1) is 12.7 Å². The van der Waals surface area contributed by atoms with Crippen LogP contribution in [0.3, 0.4) is 0 Å². The quantitative estimate of drug-likeness (QED) is 0.413. The summed E-state index contributed by atoms with van der Waals surface area (Å²) < 4.78 is 23.2. The molecule has 2 aliphatic rings. The van der Waals surface area contributed by atoms with Crippen LogP contribution in [0.15, 0.2) is 36.8 Å². The largest absolute Gasteiger partial charge is 0.383 e.